The summed E-state index contributed by atoms with van der Waals surface area (Å²) in [5.74, 6) is -1.22. The van der Waals surface area contributed by atoms with E-state index in [0.717, 1.165) is 11.0 Å². The lowest BCUT2D eigenvalue weighted by Crippen LogP contribution is -2.33. The van der Waals surface area contributed by atoms with Crippen LogP contribution in [0.3, 0.4) is 0 Å². The number of amidine groups is 1. The zero-order valence-corrected chi connectivity index (χ0v) is 18.6. The van der Waals surface area contributed by atoms with Crippen LogP contribution in [0.1, 0.15) is 65.3 Å². The third-order valence-corrected chi connectivity index (χ3v) is 5.30. The molecular weight excluding hydrogens is 425 g/mol. The van der Waals surface area contributed by atoms with Gasteiger partial charge in [-0.1, -0.05) is 24.3 Å². The second kappa shape index (κ2) is 10.7. The van der Waals surface area contributed by atoms with E-state index in [4.69, 9.17) is 10.4 Å². The first-order valence-corrected chi connectivity index (χ1v) is 10.8. The number of nitrogens with one attached hydrogen (secondary N) is 3. The van der Waals surface area contributed by atoms with Crippen LogP contribution in [-0.2, 0) is 0 Å². The maximum Gasteiger partial charge on any atom is 0.336 e. The number of hydrogen-bond acceptors (Lipinski definition) is 4. The maximum atomic E-state index is 13.1. The van der Waals surface area contributed by atoms with Gasteiger partial charge in [-0.05, 0) is 51.0 Å². The number of carbonyl (C=O) groups excluding carboxylic acids is 1. The van der Waals surface area contributed by atoms with Gasteiger partial charge in [-0.2, -0.15) is 0 Å². The summed E-state index contributed by atoms with van der Waals surface area (Å²) in [5.41, 5.74) is 1.72. The van der Waals surface area contributed by atoms with Gasteiger partial charge >= 0.3 is 5.97 Å². The molecule has 174 valence electrons. The average Bonchev–Trinajstić information content (AvgIpc) is 3.20. The molecule has 0 fully saturated rings. The molecule has 3 rings (SSSR count). The Kier molecular flexibility index (Phi) is 7.76. The predicted molar refractivity (Wildman–Crippen MR) is 125 cm³/mol. The van der Waals surface area contributed by atoms with Gasteiger partial charge in [0, 0.05) is 12.6 Å². The van der Waals surface area contributed by atoms with Crippen LogP contribution in [0, 0.1) is 5.41 Å². The van der Waals surface area contributed by atoms with Gasteiger partial charge < -0.3 is 20.3 Å². The largest absolute Gasteiger partial charge is 0.478 e. The van der Waals surface area contributed by atoms with Crippen molar-refractivity contribution in [3.8, 4) is 0 Å². The molecule has 0 bridgehead atoms. The van der Waals surface area contributed by atoms with Crippen LogP contribution < -0.4 is 10.6 Å². The fourth-order valence-electron chi connectivity index (χ4n) is 3.81. The summed E-state index contributed by atoms with van der Waals surface area (Å²) < 4.78 is 14.6. The Bertz CT molecular complexity index is 1160. The Balaban J connectivity index is 1.95. The fourth-order valence-corrected chi connectivity index (χ4v) is 3.81. The smallest absolute Gasteiger partial charge is 0.336 e. The van der Waals surface area contributed by atoms with Crippen LogP contribution in [-0.4, -0.2) is 45.6 Å². The highest BCUT2D eigenvalue weighted by Gasteiger charge is 2.25. The number of rotatable bonds is 10. The van der Waals surface area contributed by atoms with E-state index in [2.05, 4.69) is 15.2 Å². The third-order valence-electron chi connectivity index (χ3n) is 5.30. The first-order chi connectivity index (χ1) is 15.8. The Labute approximate surface area is 191 Å². The Hall–Kier alpha value is -3.75. The SMILES string of the molecule is CC(C)n1c([C@H](CCCNC(=N)CF)NC(=O)c2ccccc2C(=O)O)nc2ccccc21. The first kappa shape index (κ1) is 23.9. The number of carboxylic acid groups (broad SMARTS) is 1. The molecule has 1 amide bonds. The number of carboxylic acids is 1. The average molecular weight is 454 g/mol. The van der Waals surface area contributed by atoms with Crippen molar-refractivity contribution in [2.75, 3.05) is 13.2 Å². The quantitative estimate of drug-likeness (QED) is 0.209. The van der Waals surface area contributed by atoms with Crippen molar-refractivity contribution in [1.82, 2.24) is 20.2 Å². The van der Waals surface area contributed by atoms with E-state index in [9.17, 15) is 19.1 Å². The van der Waals surface area contributed by atoms with Gasteiger partial charge in [0.15, 0.2) is 0 Å². The normalized spacial score (nSPS) is 12.0. The number of fused-ring (bicyclic) bond motifs is 1. The lowest BCUT2D eigenvalue weighted by Gasteiger charge is -2.22. The molecule has 1 aromatic heterocycles. The van der Waals surface area contributed by atoms with Crippen LogP contribution in [0.5, 0.6) is 0 Å². The zero-order valence-electron chi connectivity index (χ0n) is 18.6. The molecule has 9 heteroatoms. The molecule has 0 aliphatic heterocycles. The van der Waals surface area contributed by atoms with Gasteiger partial charge in [0.2, 0.25) is 0 Å². The summed E-state index contributed by atoms with van der Waals surface area (Å²) in [6, 6.07) is 13.3. The highest BCUT2D eigenvalue weighted by Crippen LogP contribution is 2.27. The molecule has 33 heavy (non-hydrogen) atoms. The molecule has 4 N–H and O–H groups in total. The first-order valence-electron chi connectivity index (χ1n) is 10.8. The van der Waals surface area contributed by atoms with Gasteiger partial charge in [0.1, 0.15) is 18.3 Å². The number of imidazole rings is 1. The van der Waals surface area contributed by atoms with Crippen molar-refractivity contribution in [2.24, 2.45) is 0 Å². The number of hydrogen-bond donors (Lipinski definition) is 4. The molecule has 0 aliphatic rings. The highest BCUT2D eigenvalue weighted by molar-refractivity contribution is 6.04. The van der Waals surface area contributed by atoms with Crippen molar-refractivity contribution in [3.05, 3.63) is 65.5 Å². The van der Waals surface area contributed by atoms with E-state index < -0.39 is 24.6 Å². The molecule has 0 spiro atoms. The van der Waals surface area contributed by atoms with Crippen molar-refractivity contribution in [1.29, 1.82) is 5.41 Å². The van der Waals surface area contributed by atoms with Gasteiger partial charge in [-0.25, -0.2) is 14.2 Å². The van der Waals surface area contributed by atoms with E-state index in [1.54, 1.807) is 12.1 Å². The summed E-state index contributed by atoms with van der Waals surface area (Å²) in [7, 11) is 0. The van der Waals surface area contributed by atoms with Crippen molar-refractivity contribution < 1.29 is 19.1 Å². The molecule has 0 aliphatic carbocycles. The molecule has 1 atom stereocenters. The molecule has 2 aromatic carbocycles. The van der Waals surface area contributed by atoms with Gasteiger partial charge in [0.25, 0.3) is 5.91 Å². The Morgan fingerprint density at radius 1 is 1.12 bits per heavy atom. The molecule has 1 heterocycles. The van der Waals surface area contributed by atoms with Crippen molar-refractivity contribution >= 4 is 28.7 Å². The summed E-state index contributed by atoms with van der Waals surface area (Å²) in [6.07, 6.45) is 0.999. The van der Waals surface area contributed by atoms with Crippen LogP contribution in [0.2, 0.25) is 0 Å². The second-order valence-corrected chi connectivity index (χ2v) is 7.98. The standard InChI is InChI=1S/C24H28FN5O3/c1-15(2)30-20-12-6-5-10-18(20)28-22(30)19(11-7-13-27-21(26)14-25)29-23(31)16-8-3-4-9-17(16)24(32)33/h3-6,8-10,12,15,19H,7,11,13-14H2,1-2H3,(H2,26,27)(H,29,31)(H,32,33)/t19-/m0/s1. The number of para-hydroxylation sites is 2. The molecular formula is C24H28FN5O3. The van der Waals surface area contributed by atoms with E-state index in [-0.39, 0.29) is 23.0 Å². The molecule has 3 aromatic rings. The lowest BCUT2D eigenvalue weighted by molar-refractivity contribution is 0.0690. The highest BCUT2D eigenvalue weighted by atomic mass is 19.1. The number of halogens is 1. The maximum absolute atomic E-state index is 13.1. The van der Waals surface area contributed by atoms with Crippen LogP contribution in [0.4, 0.5) is 4.39 Å². The van der Waals surface area contributed by atoms with E-state index in [1.165, 1.54) is 12.1 Å². The van der Waals surface area contributed by atoms with Gasteiger partial charge in [-0.3, -0.25) is 10.2 Å². The Morgan fingerprint density at radius 3 is 2.45 bits per heavy atom. The Morgan fingerprint density at radius 2 is 1.79 bits per heavy atom. The number of benzene rings is 2. The van der Waals surface area contributed by atoms with E-state index in [0.29, 0.717) is 25.2 Å². The van der Waals surface area contributed by atoms with Gasteiger partial charge in [-0.15, -0.1) is 0 Å². The minimum atomic E-state index is -1.18. The van der Waals surface area contributed by atoms with Gasteiger partial charge in [0.05, 0.1) is 28.2 Å². The van der Waals surface area contributed by atoms with Crippen LogP contribution in [0.25, 0.3) is 11.0 Å². The molecule has 0 saturated heterocycles. The van der Waals surface area contributed by atoms with E-state index >= 15 is 0 Å². The monoisotopic (exact) mass is 453 g/mol. The van der Waals surface area contributed by atoms with E-state index in [1.807, 2.05) is 38.1 Å². The van der Waals surface area contributed by atoms with Crippen LogP contribution >= 0.6 is 0 Å². The summed E-state index contributed by atoms with van der Waals surface area (Å²) in [4.78, 5) is 29.5. The number of aromatic carboxylic acids is 1. The zero-order chi connectivity index (χ0) is 24.0. The molecule has 0 unspecified atom stereocenters. The second-order valence-electron chi connectivity index (χ2n) is 7.98. The summed E-state index contributed by atoms with van der Waals surface area (Å²) in [6.45, 7) is 3.55. The number of amides is 1. The molecule has 8 nitrogen and oxygen atoms in total. The summed E-state index contributed by atoms with van der Waals surface area (Å²) >= 11 is 0. The lowest BCUT2D eigenvalue weighted by atomic mass is 10.0. The minimum Gasteiger partial charge on any atom is -0.478 e. The topological polar surface area (TPSA) is 120 Å². The fraction of sp³-hybridized carbons (Fsp3) is 0.333. The van der Waals surface area contributed by atoms with Crippen LogP contribution in [0.15, 0.2) is 48.5 Å². The number of carbonyl (C=O) groups is 2. The third kappa shape index (κ3) is 5.54. The minimum absolute atomic E-state index is 0.0657. The predicted octanol–water partition coefficient (Wildman–Crippen LogP) is 4.10. The number of alkyl halides is 1. The summed E-state index contributed by atoms with van der Waals surface area (Å²) in [5, 5.41) is 22.5. The molecule has 0 radical (unpaired) electrons. The number of nitrogens with zero attached hydrogens (tertiary/aromatic N) is 2. The van der Waals surface area contributed by atoms with Crippen molar-refractivity contribution in [3.63, 3.8) is 0 Å². The molecule has 0 saturated carbocycles. The van der Waals surface area contributed by atoms with Crippen molar-refractivity contribution in [2.45, 2.75) is 38.8 Å². The number of aromatic nitrogens is 2.